The number of hydrogen-bond acceptors (Lipinski definition) is 8. The second-order valence-electron chi connectivity index (χ2n) is 7.07. The van der Waals surface area contributed by atoms with E-state index < -0.39 is 0 Å². The molecule has 3 rings (SSSR count). The van der Waals surface area contributed by atoms with Crippen LogP contribution in [0.5, 0.6) is 5.75 Å². The Morgan fingerprint density at radius 2 is 2.10 bits per heavy atom. The third-order valence-corrected chi connectivity index (χ3v) is 4.73. The lowest BCUT2D eigenvalue weighted by Gasteiger charge is -2.11. The summed E-state index contributed by atoms with van der Waals surface area (Å²) in [5.74, 6) is 2.01. The molecule has 0 bridgehead atoms. The van der Waals surface area contributed by atoms with Crippen LogP contribution in [-0.4, -0.2) is 59.0 Å². The van der Waals surface area contributed by atoms with E-state index in [2.05, 4.69) is 22.1 Å². The van der Waals surface area contributed by atoms with Crippen molar-refractivity contribution in [3.05, 3.63) is 36.7 Å². The van der Waals surface area contributed by atoms with Crippen molar-refractivity contribution >= 4 is 28.5 Å². The highest BCUT2D eigenvalue weighted by molar-refractivity contribution is 5.84. The molecule has 9 heteroatoms. The Morgan fingerprint density at radius 1 is 1.23 bits per heavy atom. The number of aryl methyl sites for hydroxylation is 1. The number of unbranched alkanes of at least 4 members (excludes halogenated alkanes) is 2. The third kappa shape index (κ3) is 5.91. The van der Waals surface area contributed by atoms with Crippen LogP contribution in [0.1, 0.15) is 31.5 Å². The summed E-state index contributed by atoms with van der Waals surface area (Å²) in [6.45, 7) is 7.42. The van der Waals surface area contributed by atoms with Gasteiger partial charge in [0.1, 0.15) is 24.8 Å². The number of aromatic nitrogens is 4. The highest BCUT2D eigenvalue weighted by Crippen LogP contribution is 2.25. The molecule has 2 aromatic heterocycles. The number of anilines is 1. The van der Waals surface area contributed by atoms with Crippen molar-refractivity contribution < 1.29 is 19.0 Å². The minimum atomic E-state index is -0.187. The van der Waals surface area contributed by atoms with Gasteiger partial charge < -0.3 is 19.5 Å². The fourth-order valence-electron chi connectivity index (χ4n) is 3.21. The van der Waals surface area contributed by atoms with Gasteiger partial charge in [-0.3, -0.25) is 9.20 Å². The minimum Gasteiger partial charge on any atom is -0.491 e. The number of ether oxygens (including phenoxy) is 3. The maximum Gasteiger partial charge on any atom is 0.306 e. The summed E-state index contributed by atoms with van der Waals surface area (Å²) in [7, 11) is 1.64. The number of nitrogens with one attached hydrogen (secondary N) is 1. The van der Waals surface area contributed by atoms with Gasteiger partial charge in [-0.25, -0.2) is 4.98 Å². The van der Waals surface area contributed by atoms with Crippen molar-refractivity contribution in [1.82, 2.24) is 19.6 Å². The lowest BCUT2D eigenvalue weighted by molar-refractivity contribution is -0.142. The molecule has 1 aromatic carbocycles. The van der Waals surface area contributed by atoms with Crippen LogP contribution >= 0.6 is 0 Å². The van der Waals surface area contributed by atoms with Crippen LogP contribution < -0.4 is 10.1 Å². The summed E-state index contributed by atoms with van der Waals surface area (Å²) in [5, 5.41) is 11.9. The number of esters is 1. The SMILES string of the molecule is C=CCOC(=O)CCCCCNc1nc2cc(OCCOC)ccc2n2c(C)nnc12. The van der Waals surface area contributed by atoms with E-state index in [4.69, 9.17) is 19.2 Å². The van der Waals surface area contributed by atoms with Gasteiger partial charge >= 0.3 is 5.97 Å². The van der Waals surface area contributed by atoms with Gasteiger partial charge in [0, 0.05) is 26.1 Å². The molecule has 3 aromatic rings. The van der Waals surface area contributed by atoms with Crippen LogP contribution in [-0.2, 0) is 14.3 Å². The van der Waals surface area contributed by atoms with Gasteiger partial charge in [0.05, 0.1) is 17.6 Å². The van der Waals surface area contributed by atoms with Crippen molar-refractivity contribution in [1.29, 1.82) is 0 Å². The first-order valence-electron chi connectivity index (χ1n) is 10.4. The van der Waals surface area contributed by atoms with E-state index in [0.717, 1.165) is 41.9 Å². The van der Waals surface area contributed by atoms with Gasteiger partial charge in [-0.15, -0.1) is 10.2 Å². The van der Waals surface area contributed by atoms with E-state index in [1.54, 1.807) is 13.2 Å². The number of methoxy groups -OCH3 is 1. The van der Waals surface area contributed by atoms with E-state index in [-0.39, 0.29) is 12.6 Å². The van der Waals surface area contributed by atoms with E-state index >= 15 is 0 Å². The Hall–Kier alpha value is -3.20. The molecule has 0 saturated heterocycles. The predicted molar refractivity (Wildman–Crippen MR) is 119 cm³/mol. The average molecular weight is 428 g/mol. The normalized spacial score (nSPS) is 11.0. The molecule has 0 aliphatic rings. The zero-order chi connectivity index (χ0) is 22.1. The van der Waals surface area contributed by atoms with Crippen molar-refractivity contribution in [2.75, 3.05) is 38.8 Å². The van der Waals surface area contributed by atoms with Gasteiger partial charge in [0.25, 0.3) is 0 Å². The molecule has 0 spiro atoms. The Morgan fingerprint density at radius 3 is 2.90 bits per heavy atom. The van der Waals surface area contributed by atoms with Crippen LogP contribution in [0.15, 0.2) is 30.9 Å². The number of fused-ring (bicyclic) bond motifs is 3. The maximum atomic E-state index is 11.5. The first-order chi connectivity index (χ1) is 15.1. The number of benzene rings is 1. The molecule has 0 unspecified atom stereocenters. The fourth-order valence-corrected chi connectivity index (χ4v) is 3.21. The zero-order valence-electron chi connectivity index (χ0n) is 18.1. The molecule has 0 saturated carbocycles. The van der Waals surface area contributed by atoms with E-state index in [1.807, 2.05) is 29.5 Å². The summed E-state index contributed by atoms with van der Waals surface area (Å²) < 4.78 is 17.7. The molecule has 2 heterocycles. The summed E-state index contributed by atoms with van der Waals surface area (Å²) in [4.78, 5) is 16.3. The number of hydrogen-bond donors (Lipinski definition) is 1. The zero-order valence-corrected chi connectivity index (χ0v) is 18.1. The smallest absolute Gasteiger partial charge is 0.306 e. The Kier molecular flexibility index (Phi) is 8.17. The van der Waals surface area contributed by atoms with E-state index in [9.17, 15) is 4.79 Å². The Bertz CT molecular complexity index is 1030. The molecule has 0 aliphatic carbocycles. The van der Waals surface area contributed by atoms with Crippen molar-refractivity contribution in [2.45, 2.75) is 32.6 Å². The molecular formula is C22H29N5O4. The highest BCUT2D eigenvalue weighted by atomic mass is 16.5. The van der Waals surface area contributed by atoms with E-state index in [1.165, 1.54) is 0 Å². The molecule has 0 atom stereocenters. The average Bonchev–Trinajstić information content (AvgIpc) is 3.16. The van der Waals surface area contributed by atoms with Crippen molar-refractivity contribution in [2.24, 2.45) is 0 Å². The van der Waals surface area contributed by atoms with Gasteiger partial charge in [0.2, 0.25) is 5.65 Å². The van der Waals surface area contributed by atoms with Gasteiger partial charge in [0.15, 0.2) is 5.82 Å². The third-order valence-electron chi connectivity index (χ3n) is 4.73. The predicted octanol–water partition coefficient (Wildman–Crippen LogP) is 3.31. The second kappa shape index (κ2) is 11.3. The summed E-state index contributed by atoms with van der Waals surface area (Å²) in [6.07, 6.45) is 4.57. The summed E-state index contributed by atoms with van der Waals surface area (Å²) in [5.41, 5.74) is 2.39. The second-order valence-corrected chi connectivity index (χ2v) is 7.07. The van der Waals surface area contributed by atoms with Crippen LogP contribution in [0.3, 0.4) is 0 Å². The molecule has 0 fully saturated rings. The number of carbonyl (C=O) groups excluding carboxylic acids is 1. The topological polar surface area (TPSA) is 99.9 Å². The molecule has 0 aliphatic heterocycles. The summed E-state index contributed by atoms with van der Waals surface area (Å²) >= 11 is 0. The lowest BCUT2D eigenvalue weighted by Crippen LogP contribution is -2.08. The molecule has 9 nitrogen and oxygen atoms in total. The van der Waals surface area contributed by atoms with Crippen LogP contribution in [0, 0.1) is 6.92 Å². The molecule has 31 heavy (non-hydrogen) atoms. The molecule has 0 radical (unpaired) electrons. The highest BCUT2D eigenvalue weighted by Gasteiger charge is 2.13. The molecule has 0 amide bonds. The largest absolute Gasteiger partial charge is 0.491 e. The van der Waals surface area contributed by atoms with Gasteiger partial charge in [-0.1, -0.05) is 19.1 Å². The first-order valence-corrected chi connectivity index (χ1v) is 10.4. The monoisotopic (exact) mass is 427 g/mol. The lowest BCUT2D eigenvalue weighted by atomic mass is 10.2. The molecule has 166 valence electrons. The fraction of sp³-hybridized carbons (Fsp3) is 0.455. The summed E-state index contributed by atoms with van der Waals surface area (Å²) in [6, 6.07) is 5.78. The first kappa shape index (κ1) is 22.5. The standard InChI is InChI=1S/C22H29N5O4/c1-4-12-31-20(28)8-6-5-7-11-23-21-22-26-25-16(2)27(22)19-10-9-17(15-18(19)24-21)30-14-13-29-3/h4,9-10,15H,1,5-8,11-14H2,2-3H3,(H,23,24). The van der Waals surface area contributed by atoms with Crippen LogP contribution in [0.25, 0.3) is 16.7 Å². The quantitative estimate of drug-likeness (QED) is 0.252. The van der Waals surface area contributed by atoms with Crippen molar-refractivity contribution in [3.8, 4) is 5.75 Å². The van der Waals surface area contributed by atoms with Crippen molar-refractivity contribution in [3.63, 3.8) is 0 Å². The number of rotatable bonds is 13. The van der Waals surface area contributed by atoms with E-state index in [0.29, 0.717) is 37.6 Å². The minimum absolute atomic E-state index is 0.187. The van der Waals surface area contributed by atoms with Gasteiger partial charge in [-0.05, 0) is 31.9 Å². The Balaban J connectivity index is 1.65. The maximum absolute atomic E-state index is 11.5. The van der Waals surface area contributed by atoms with Crippen LogP contribution in [0.2, 0.25) is 0 Å². The number of carbonyl (C=O) groups is 1. The number of nitrogens with zero attached hydrogens (tertiary/aromatic N) is 4. The van der Waals surface area contributed by atoms with Crippen LogP contribution in [0.4, 0.5) is 5.82 Å². The Labute approximate surface area is 181 Å². The molecular weight excluding hydrogens is 398 g/mol. The van der Waals surface area contributed by atoms with Gasteiger partial charge in [-0.2, -0.15) is 0 Å². The molecule has 1 N–H and O–H groups in total.